The summed E-state index contributed by atoms with van der Waals surface area (Å²) >= 11 is 0. The molecule has 4 rings (SSSR count). The van der Waals surface area contributed by atoms with Crippen LogP contribution in [0.4, 0.5) is 13.6 Å². The number of amides is 1. The molecule has 0 spiro atoms. The normalized spacial score (nSPS) is 26.2. The Morgan fingerprint density at radius 1 is 1.11 bits per heavy atom. The Labute approximate surface area is 209 Å². The number of benzene rings is 2. The van der Waals surface area contributed by atoms with E-state index >= 15 is 4.39 Å². The van der Waals surface area contributed by atoms with Crippen molar-refractivity contribution in [3.8, 4) is 5.75 Å². The highest BCUT2D eigenvalue weighted by molar-refractivity contribution is 5.80. The molecule has 36 heavy (non-hydrogen) atoms. The van der Waals surface area contributed by atoms with E-state index in [9.17, 15) is 24.2 Å². The lowest BCUT2D eigenvalue weighted by atomic mass is 9.70. The summed E-state index contributed by atoms with van der Waals surface area (Å²) in [6.07, 6.45) is 1.47. The van der Waals surface area contributed by atoms with Gasteiger partial charge in [0.15, 0.2) is 11.6 Å². The van der Waals surface area contributed by atoms with Gasteiger partial charge in [0.05, 0.1) is 6.54 Å². The quantitative estimate of drug-likeness (QED) is 0.569. The number of aliphatic carboxylic acids is 1. The van der Waals surface area contributed by atoms with Gasteiger partial charge in [-0.25, -0.2) is 18.4 Å². The average molecular weight is 503 g/mol. The summed E-state index contributed by atoms with van der Waals surface area (Å²) in [5.74, 6) is -2.76. The van der Waals surface area contributed by atoms with Crippen LogP contribution in [0.3, 0.4) is 0 Å². The van der Waals surface area contributed by atoms with E-state index in [-0.39, 0.29) is 35.7 Å². The van der Waals surface area contributed by atoms with E-state index in [4.69, 9.17) is 4.74 Å². The molecular formula is C27H32F2N2O5. The molecule has 2 aliphatic rings. The molecule has 2 atom stereocenters. The second-order valence-electron chi connectivity index (χ2n) is 10.1. The Bertz CT molecular complexity index is 1080. The van der Waals surface area contributed by atoms with E-state index < -0.39 is 35.8 Å². The maximum absolute atomic E-state index is 15.4. The lowest BCUT2D eigenvalue weighted by molar-refractivity contribution is -0.141. The van der Waals surface area contributed by atoms with Gasteiger partial charge in [-0.05, 0) is 69.3 Å². The zero-order valence-corrected chi connectivity index (χ0v) is 20.5. The zero-order valence-electron chi connectivity index (χ0n) is 20.5. The molecule has 1 amide bonds. The van der Waals surface area contributed by atoms with Crippen molar-refractivity contribution >= 4 is 12.1 Å². The highest BCUT2D eigenvalue weighted by Gasteiger charge is 2.42. The highest BCUT2D eigenvalue weighted by atomic mass is 19.1. The molecule has 0 radical (unpaired) electrons. The number of ether oxygens (including phenoxy) is 1. The SMILES string of the molecule is CN(C)C1(c2ccccc2)CCC(Cc2cc(F)cc(O[C@H]3C[C@@H](C(=O)O)N(C(=O)O)C3)c2F)CC1. The van der Waals surface area contributed by atoms with Crippen LogP contribution in [0, 0.1) is 17.6 Å². The summed E-state index contributed by atoms with van der Waals surface area (Å²) in [7, 11) is 4.15. The van der Waals surface area contributed by atoms with Crippen molar-refractivity contribution in [2.24, 2.45) is 5.92 Å². The topological polar surface area (TPSA) is 90.3 Å². The van der Waals surface area contributed by atoms with Gasteiger partial charge in [-0.2, -0.15) is 0 Å². The van der Waals surface area contributed by atoms with Gasteiger partial charge in [0, 0.05) is 18.0 Å². The molecule has 0 bridgehead atoms. The van der Waals surface area contributed by atoms with Gasteiger partial charge in [-0.3, -0.25) is 9.80 Å². The number of hydrogen-bond acceptors (Lipinski definition) is 4. The Balaban J connectivity index is 1.46. The van der Waals surface area contributed by atoms with Gasteiger partial charge in [0.1, 0.15) is 18.0 Å². The van der Waals surface area contributed by atoms with Crippen molar-refractivity contribution in [2.45, 2.75) is 56.2 Å². The van der Waals surface area contributed by atoms with Crippen molar-refractivity contribution in [2.75, 3.05) is 20.6 Å². The van der Waals surface area contributed by atoms with Gasteiger partial charge in [0.25, 0.3) is 0 Å². The van der Waals surface area contributed by atoms with Gasteiger partial charge in [0.2, 0.25) is 0 Å². The highest BCUT2D eigenvalue weighted by Crippen LogP contribution is 2.44. The van der Waals surface area contributed by atoms with E-state index in [0.717, 1.165) is 36.6 Å². The van der Waals surface area contributed by atoms with Crippen molar-refractivity contribution in [1.82, 2.24) is 9.80 Å². The average Bonchev–Trinajstić information content (AvgIpc) is 3.28. The molecule has 2 N–H and O–H groups in total. The monoisotopic (exact) mass is 502 g/mol. The maximum Gasteiger partial charge on any atom is 0.408 e. The number of hydrogen-bond donors (Lipinski definition) is 2. The first-order valence-electron chi connectivity index (χ1n) is 12.2. The molecule has 7 nitrogen and oxygen atoms in total. The number of carboxylic acid groups (broad SMARTS) is 2. The summed E-state index contributed by atoms with van der Waals surface area (Å²) in [6.45, 7) is -0.230. The number of halogens is 2. The third-order valence-electron chi connectivity index (χ3n) is 7.77. The second kappa shape index (κ2) is 10.4. The third-order valence-corrected chi connectivity index (χ3v) is 7.77. The Hall–Kier alpha value is -3.20. The number of likely N-dealkylation sites (tertiary alicyclic amines) is 1. The molecule has 1 saturated carbocycles. The number of rotatable bonds is 7. The van der Waals surface area contributed by atoms with Crippen LogP contribution in [-0.2, 0) is 16.8 Å². The lowest BCUT2D eigenvalue weighted by Gasteiger charge is -2.45. The predicted molar refractivity (Wildman–Crippen MR) is 129 cm³/mol. The number of carbonyl (C=O) groups is 2. The minimum absolute atomic E-state index is 0.0916. The minimum atomic E-state index is -1.39. The van der Waals surface area contributed by atoms with Crippen molar-refractivity contribution < 1.29 is 33.3 Å². The first-order chi connectivity index (χ1) is 17.1. The van der Waals surface area contributed by atoms with Crippen LogP contribution < -0.4 is 4.74 Å². The summed E-state index contributed by atoms with van der Waals surface area (Å²) in [4.78, 5) is 25.7. The van der Waals surface area contributed by atoms with E-state index in [1.165, 1.54) is 11.6 Å². The zero-order chi connectivity index (χ0) is 26.0. The Morgan fingerprint density at radius 2 is 1.78 bits per heavy atom. The van der Waals surface area contributed by atoms with E-state index in [1.807, 2.05) is 18.2 Å². The molecule has 1 heterocycles. The summed E-state index contributed by atoms with van der Waals surface area (Å²) in [5.41, 5.74) is 1.38. The largest absolute Gasteiger partial charge is 0.485 e. The summed E-state index contributed by atoms with van der Waals surface area (Å²) in [6, 6.07) is 11.2. The van der Waals surface area contributed by atoms with E-state index in [0.29, 0.717) is 6.42 Å². The van der Waals surface area contributed by atoms with Gasteiger partial charge < -0.3 is 14.9 Å². The van der Waals surface area contributed by atoms with Crippen LogP contribution in [0.15, 0.2) is 42.5 Å². The van der Waals surface area contributed by atoms with Crippen LogP contribution in [0.1, 0.15) is 43.2 Å². The van der Waals surface area contributed by atoms with Crippen LogP contribution >= 0.6 is 0 Å². The smallest absolute Gasteiger partial charge is 0.408 e. The van der Waals surface area contributed by atoms with Crippen LogP contribution in [0.5, 0.6) is 5.75 Å². The van der Waals surface area contributed by atoms with Gasteiger partial charge in [-0.15, -0.1) is 0 Å². The van der Waals surface area contributed by atoms with Crippen LogP contribution in [0.25, 0.3) is 0 Å². The summed E-state index contributed by atoms with van der Waals surface area (Å²) < 4.78 is 35.4. The molecular weight excluding hydrogens is 470 g/mol. The van der Waals surface area contributed by atoms with Crippen molar-refractivity contribution in [1.29, 1.82) is 0 Å². The van der Waals surface area contributed by atoms with Crippen molar-refractivity contribution in [3.63, 3.8) is 0 Å². The Morgan fingerprint density at radius 3 is 2.33 bits per heavy atom. The molecule has 9 heteroatoms. The molecule has 1 aliphatic carbocycles. The minimum Gasteiger partial charge on any atom is -0.485 e. The van der Waals surface area contributed by atoms with Gasteiger partial charge in [-0.1, -0.05) is 30.3 Å². The first kappa shape index (κ1) is 25.9. The molecule has 1 aliphatic heterocycles. The molecule has 0 aromatic heterocycles. The molecule has 2 fully saturated rings. The van der Waals surface area contributed by atoms with Crippen LogP contribution in [0.2, 0.25) is 0 Å². The first-order valence-corrected chi connectivity index (χ1v) is 12.2. The fourth-order valence-corrected chi connectivity index (χ4v) is 5.77. The third kappa shape index (κ3) is 5.16. The van der Waals surface area contributed by atoms with Crippen molar-refractivity contribution in [3.05, 3.63) is 65.2 Å². The number of carboxylic acids is 1. The lowest BCUT2D eigenvalue weighted by Crippen LogP contribution is -2.44. The van der Waals surface area contributed by atoms with Crippen LogP contribution in [-0.4, -0.2) is 64.9 Å². The second-order valence-corrected chi connectivity index (χ2v) is 10.1. The standard InChI is InChI=1S/C27H32F2N2O5/c1-30(2)27(19-6-4-3-5-7-19)10-8-17(9-11-27)12-18-13-20(28)14-23(24(18)29)36-21-15-22(25(32)33)31(16-21)26(34)35/h3-7,13-14,17,21-22H,8-12,15-16H2,1-2H3,(H,32,33)(H,34,35)/t17?,21-,22-,27?/m0/s1. The maximum atomic E-state index is 15.4. The number of nitrogens with zero attached hydrogens (tertiary/aromatic N) is 2. The molecule has 2 aromatic carbocycles. The predicted octanol–water partition coefficient (Wildman–Crippen LogP) is 4.74. The molecule has 1 saturated heterocycles. The van der Waals surface area contributed by atoms with E-state index in [1.54, 1.807) is 0 Å². The molecule has 2 aromatic rings. The molecule has 194 valence electrons. The summed E-state index contributed by atoms with van der Waals surface area (Å²) in [5, 5.41) is 18.5. The Kier molecular flexibility index (Phi) is 7.49. The fraction of sp³-hybridized carbons (Fsp3) is 0.481. The fourth-order valence-electron chi connectivity index (χ4n) is 5.77. The molecule has 0 unspecified atom stereocenters. The van der Waals surface area contributed by atoms with E-state index in [2.05, 4.69) is 31.1 Å². The van der Waals surface area contributed by atoms with Gasteiger partial charge >= 0.3 is 12.1 Å².